The number of nitrogens with one attached hydrogen (secondary N) is 4. The lowest BCUT2D eigenvalue weighted by Gasteiger charge is -2.47. The molecule has 2 aliphatic heterocycles. The van der Waals surface area contributed by atoms with E-state index in [0.29, 0.717) is 25.7 Å². The summed E-state index contributed by atoms with van der Waals surface area (Å²) in [6, 6.07) is -0.853. The number of halogens is 2. The highest BCUT2D eigenvalue weighted by Crippen LogP contribution is 2.31. The molecular formula is C21H38F2N4O2. The van der Waals surface area contributed by atoms with Crippen LogP contribution in [0.15, 0.2) is 0 Å². The van der Waals surface area contributed by atoms with Gasteiger partial charge in [-0.15, -0.1) is 0 Å². The van der Waals surface area contributed by atoms with Gasteiger partial charge in [0.25, 0.3) is 0 Å². The molecule has 0 bridgehead atoms. The zero-order valence-corrected chi connectivity index (χ0v) is 19.1. The molecule has 2 fully saturated rings. The first kappa shape index (κ1) is 24.0. The molecular weight excluding hydrogens is 378 g/mol. The van der Waals surface area contributed by atoms with Gasteiger partial charge >= 0.3 is 17.7 Å². The predicted molar refractivity (Wildman–Crippen MR) is 110 cm³/mol. The molecule has 2 saturated heterocycles. The summed E-state index contributed by atoms with van der Waals surface area (Å²) >= 11 is 0. The SMILES string of the molecule is CC1(C)CC(NC(=O)C(F)(F)C(=O)NC2CC(C)(C)NC(C)(C)C2)CC(C)(C)N1. The Hall–Kier alpha value is -1.28. The lowest BCUT2D eigenvalue weighted by atomic mass is 9.79. The number of piperidine rings is 2. The third-order valence-electron chi connectivity index (χ3n) is 5.62. The monoisotopic (exact) mass is 416 g/mol. The van der Waals surface area contributed by atoms with Crippen molar-refractivity contribution in [3.63, 3.8) is 0 Å². The van der Waals surface area contributed by atoms with Crippen molar-refractivity contribution >= 4 is 11.8 Å². The molecule has 0 radical (unpaired) electrons. The second-order valence-electron chi connectivity index (χ2n) is 11.5. The van der Waals surface area contributed by atoms with Gasteiger partial charge in [-0.1, -0.05) is 0 Å². The smallest absolute Gasteiger partial charge is 0.348 e. The maximum Gasteiger partial charge on any atom is 0.400 e. The van der Waals surface area contributed by atoms with Crippen LogP contribution in [0.3, 0.4) is 0 Å². The average molecular weight is 417 g/mol. The molecule has 6 nitrogen and oxygen atoms in total. The summed E-state index contributed by atoms with van der Waals surface area (Å²) in [4.78, 5) is 24.7. The van der Waals surface area contributed by atoms with Crippen LogP contribution in [0.25, 0.3) is 0 Å². The minimum absolute atomic E-state index is 0.302. The highest BCUT2D eigenvalue weighted by atomic mass is 19.3. The number of alkyl halides is 2. The van der Waals surface area contributed by atoms with E-state index in [1.165, 1.54) is 0 Å². The Balaban J connectivity index is 2.03. The van der Waals surface area contributed by atoms with Gasteiger partial charge in [0.2, 0.25) is 0 Å². The molecule has 8 heteroatoms. The van der Waals surface area contributed by atoms with Crippen LogP contribution in [0, 0.1) is 0 Å². The summed E-state index contributed by atoms with van der Waals surface area (Å²) in [5.41, 5.74) is -1.21. The first-order valence-electron chi connectivity index (χ1n) is 10.4. The Bertz CT molecular complexity index is 573. The Labute approximate surface area is 173 Å². The van der Waals surface area contributed by atoms with Crippen LogP contribution in [0.2, 0.25) is 0 Å². The minimum Gasteiger partial charge on any atom is -0.348 e. The highest BCUT2D eigenvalue weighted by Gasteiger charge is 2.51. The van der Waals surface area contributed by atoms with E-state index >= 15 is 0 Å². The molecule has 0 unspecified atom stereocenters. The van der Waals surface area contributed by atoms with Crippen molar-refractivity contribution in [3.8, 4) is 0 Å². The van der Waals surface area contributed by atoms with Gasteiger partial charge in [0.05, 0.1) is 0 Å². The third-order valence-corrected chi connectivity index (χ3v) is 5.62. The van der Waals surface area contributed by atoms with Crippen molar-refractivity contribution < 1.29 is 18.4 Å². The maximum atomic E-state index is 14.6. The van der Waals surface area contributed by atoms with Gasteiger partial charge in [-0.2, -0.15) is 8.78 Å². The molecule has 4 N–H and O–H groups in total. The van der Waals surface area contributed by atoms with Crippen LogP contribution in [0.1, 0.15) is 81.1 Å². The van der Waals surface area contributed by atoms with Crippen LogP contribution in [0.5, 0.6) is 0 Å². The van der Waals surface area contributed by atoms with Gasteiger partial charge in [0.1, 0.15) is 0 Å². The predicted octanol–water partition coefficient (Wildman–Crippen LogP) is 2.47. The van der Waals surface area contributed by atoms with Crippen LogP contribution in [0.4, 0.5) is 8.78 Å². The Morgan fingerprint density at radius 3 is 1.17 bits per heavy atom. The molecule has 168 valence electrons. The van der Waals surface area contributed by atoms with E-state index in [9.17, 15) is 18.4 Å². The molecule has 0 aromatic heterocycles. The Morgan fingerprint density at radius 1 is 0.690 bits per heavy atom. The molecule has 0 saturated carbocycles. The molecule has 0 aliphatic carbocycles. The first-order valence-corrected chi connectivity index (χ1v) is 10.4. The minimum atomic E-state index is -4.11. The zero-order chi connectivity index (χ0) is 22.5. The van der Waals surface area contributed by atoms with Crippen molar-refractivity contribution in [3.05, 3.63) is 0 Å². The summed E-state index contributed by atoms with van der Waals surface area (Å²) in [7, 11) is 0. The van der Waals surface area contributed by atoms with Crippen LogP contribution in [-0.2, 0) is 9.59 Å². The molecule has 2 aliphatic rings. The van der Waals surface area contributed by atoms with E-state index in [4.69, 9.17) is 0 Å². The van der Waals surface area contributed by atoms with Gasteiger partial charge in [-0.05, 0) is 81.1 Å². The standard InChI is InChI=1S/C21H38F2N4O2/c1-17(2)9-13(10-18(3,4)26-17)24-15(28)21(22,23)16(29)25-14-11-19(5,6)27-20(7,8)12-14/h13-14,26-27H,9-12H2,1-8H3,(H,24,28)(H,25,29). The summed E-state index contributed by atoms with van der Waals surface area (Å²) in [6.45, 7) is 15.8. The summed E-state index contributed by atoms with van der Waals surface area (Å²) in [6.07, 6.45) is 2.04. The summed E-state index contributed by atoms with van der Waals surface area (Å²) in [5.74, 6) is -7.17. The van der Waals surface area contributed by atoms with Crippen molar-refractivity contribution in [2.45, 2.75) is 121 Å². The van der Waals surface area contributed by atoms with Gasteiger partial charge in [-0.25, -0.2) is 0 Å². The lowest BCUT2D eigenvalue weighted by Crippen LogP contribution is -2.65. The summed E-state index contributed by atoms with van der Waals surface area (Å²) in [5, 5.41) is 11.7. The lowest BCUT2D eigenvalue weighted by molar-refractivity contribution is -0.161. The number of carbonyl (C=O) groups is 2. The maximum absolute atomic E-state index is 14.6. The average Bonchev–Trinajstić information content (AvgIpc) is 2.39. The van der Waals surface area contributed by atoms with Gasteiger partial charge in [-0.3, -0.25) is 9.59 Å². The molecule has 0 aromatic carbocycles. The van der Waals surface area contributed by atoms with E-state index < -0.39 is 29.8 Å². The number of hydrogen-bond acceptors (Lipinski definition) is 4. The second kappa shape index (κ2) is 7.45. The van der Waals surface area contributed by atoms with Crippen molar-refractivity contribution in [2.75, 3.05) is 0 Å². The zero-order valence-electron chi connectivity index (χ0n) is 19.1. The molecule has 29 heavy (non-hydrogen) atoms. The molecule has 2 rings (SSSR count). The Kier molecular flexibility index (Phi) is 6.16. The molecule has 0 spiro atoms. The fraction of sp³-hybridized carbons (Fsp3) is 0.905. The normalized spacial score (nSPS) is 26.6. The number of amides is 2. The Morgan fingerprint density at radius 2 is 0.931 bits per heavy atom. The molecule has 2 heterocycles. The van der Waals surface area contributed by atoms with E-state index in [1.807, 2.05) is 55.4 Å². The van der Waals surface area contributed by atoms with E-state index in [-0.39, 0.29) is 22.2 Å². The van der Waals surface area contributed by atoms with E-state index in [2.05, 4.69) is 21.3 Å². The largest absolute Gasteiger partial charge is 0.400 e. The summed E-state index contributed by atoms with van der Waals surface area (Å²) < 4.78 is 29.3. The highest BCUT2D eigenvalue weighted by molar-refractivity contribution is 6.06. The van der Waals surface area contributed by atoms with Gasteiger partial charge < -0.3 is 21.3 Å². The van der Waals surface area contributed by atoms with Crippen LogP contribution < -0.4 is 21.3 Å². The van der Waals surface area contributed by atoms with Crippen molar-refractivity contribution in [1.82, 2.24) is 21.3 Å². The fourth-order valence-corrected chi connectivity index (χ4v) is 5.50. The van der Waals surface area contributed by atoms with Gasteiger partial charge in [0.15, 0.2) is 0 Å². The number of hydrogen-bond donors (Lipinski definition) is 4. The topological polar surface area (TPSA) is 82.3 Å². The number of carbonyl (C=O) groups excluding carboxylic acids is 2. The van der Waals surface area contributed by atoms with Crippen molar-refractivity contribution in [2.24, 2.45) is 0 Å². The van der Waals surface area contributed by atoms with E-state index in [1.54, 1.807) is 0 Å². The van der Waals surface area contributed by atoms with Crippen molar-refractivity contribution in [1.29, 1.82) is 0 Å². The molecule has 2 amide bonds. The van der Waals surface area contributed by atoms with Crippen LogP contribution in [-0.4, -0.2) is 52.0 Å². The van der Waals surface area contributed by atoms with Crippen LogP contribution >= 0.6 is 0 Å². The first-order chi connectivity index (χ1) is 12.8. The quantitative estimate of drug-likeness (QED) is 0.531. The second-order valence-corrected chi connectivity index (χ2v) is 11.5. The third kappa shape index (κ3) is 6.35. The molecule has 0 atom stereocenters. The molecule has 0 aromatic rings. The van der Waals surface area contributed by atoms with Gasteiger partial charge in [0, 0.05) is 34.2 Å². The fourth-order valence-electron chi connectivity index (χ4n) is 5.50. The van der Waals surface area contributed by atoms with E-state index in [0.717, 1.165) is 0 Å². The number of rotatable bonds is 4.